The largest absolute Gasteiger partial charge is 0.497 e. The summed E-state index contributed by atoms with van der Waals surface area (Å²) < 4.78 is 10.4. The van der Waals surface area contributed by atoms with Crippen molar-refractivity contribution in [2.75, 3.05) is 32.6 Å². The van der Waals surface area contributed by atoms with Crippen molar-refractivity contribution in [3.63, 3.8) is 0 Å². The minimum absolute atomic E-state index is 0.133. The molecule has 1 heterocycles. The fourth-order valence-electron chi connectivity index (χ4n) is 3.68. The number of rotatable bonds is 11. The van der Waals surface area contributed by atoms with Gasteiger partial charge in [-0.15, -0.1) is 10.2 Å². The van der Waals surface area contributed by atoms with Crippen molar-refractivity contribution < 1.29 is 19.1 Å². The number of ether oxygens (including phenoxy) is 2. The van der Waals surface area contributed by atoms with E-state index in [-0.39, 0.29) is 24.8 Å². The van der Waals surface area contributed by atoms with Crippen LogP contribution in [0, 0.1) is 0 Å². The first-order valence-corrected chi connectivity index (χ1v) is 12.6. The van der Waals surface area contributed by atoms with Gasteiger partial charge in [0.2, 0.25) is 11.0 Å². The molecule has 8 nitrogen and oxygen atoms in total. The highest BCUT2D eigenvalue weighted by Crippen LogP contribution is 2.27. The van der Waals surface area contributed by atoms with E-state index in [9.17, 15) is 9.59 Å². The number of methoxy groups -OCH3 is 2. The Balaban J connectivity index is 1.38. The van der Waals surface area contributed by atoms with E-state index in [0.717, 1.165) is 16.9 Å². The van der Waals surface area contributed by atoms with Crippen LogP contribution < -0.4 is 14.8 Å². The third-order valence-corrected chi connectivity index (χ3v) is 6.64. The summed E-state index contributed by atoms with van der Waals surface area (Å²) in [6.45, 7) is 0.760. The van der Waals surface area contributed by atoms with E-state index < -0.39 is 0 Å². The second kappa shape index (κ2) is 12.6. The Kier molecular flexibility index (Phi) is 8.83. The number of carbonyl (C=O) groups excluding carboxylic acids is 2. The van der Waals surface area contributed by atoms with E-state index in [2.05, 4.69) is 15.5 Å². The summed E-state index contributed by atoms with van der Waals surface area (Å²) in [5, 5.41) is 12.2. The molecule has 0 aliphatic rings. The minimum Gasteiger partial charge on any atom is -0.497 e. The van der Waals surface area contributed by atoms with Crippen LogP contribution in [0.5, 0.6) is 11.5 Å². The second-order valence-corrected chi connectivity index (χ2v) is 9.17. The number of hydrogen-bond acceptors (Lipinski definition) is 7. The third-order valence-electron chi connectivity index (χ3n) is 5.75. The van der Waals surface area contributed by atoms with Crippen LogP contribution in [-0.2, 0) is 11.2 Å². The number of amides is 2. The van der Waals surface area contributed by atoms with Crippen molar-refractivity contribution in [3.8, 4) is 22.1 Å². The molecule has 0 fully saturated rings. The number of nitrogens with one attached hydrogen (secondary N) is 1. The van der Waals surface area contributed by atoms with Gasteiger partial charge in [-0.1, -0.05) is 41.7 Å². The minimum atomic E-state index is -0.232. The molecule has 0 saturated heterocycles. The number of nitrogens with zero attached hydrogens (tertiary/aromatic N) is 3. The van der Waals surface area contributed by atoms with Gasteiger partial charge in [0.1, 0.15) is 16.5 Å². The number of aromatic nitrogens is 2. The van der Waals surface area contributed by atoms with Gasteiger partial charge < -0.3 is 19.7 Å². The van der Waals surface area contributed by atoms with Gasteiger partial charge in [0.25, 0.3) is 5.91 Å². The molecule has 1 N–H and O–H groups in total. The first kappa shape index (κ1) is 25.8. The lowest BCUT2D eigenvalue weighted by molar-refractivity contribution is -0.116. The van der Waals surface area contributed by atoms with Gasteiger partial charge >= 0.3 is 0 Å². The molecule has 9 heteroatoms. The summed E-state index contributed by atoms with van der Waals surface area (Å²) in [7, 11) is 3.19. The summed E-state index contributed by atoms with van der Waals surface area (Å²) in [6.07, 6.45) is 0.820. The number of carbonyl (C=O) groups is 2. The van der Waals surface area contributed by atoms with Crippen LogP contribution in [0.25, 0.3) is 10.6 Å². The molecular formula is C28H28N4O4S. The van der Waals surface area contributed by atoms with Gasteiger partial charge in [0.05, 0.1) is 14.2 Å². The quantitative estimate of drug-likeness (QED) is 0.304. The molecule has 3 aromatic carbocycles. The zero-order chi connectivity index (χ0) is 26.0. The van der Waals surface area contributed by atoms with Crippen molar-refractivity contribution >= 4 is 28.3 Å². The lowest BCUT2D eigenvalue weighted by atomic mass is 10.1. The van der Waals surface area contributed by atoms with Crippen molar-refractivity contribution in [1.82, 2.24) is 15.1 Å². The summed E-state index contributed by atoms with van der Waals surface area (Å²) >= 11 is 1.29. The maximum absolute atomic E-state index is 13.3. The zero-order valence-corrected chi connectivity index (χ0v) is 21.5. The molecule has 4 rings (SSSR count). The summed E-state index contributed by atoms with van der Waals surface area (Å²) in [6, 6.07) is 24.4. The van der Waals surface area contributed by atoms with E-state index in [1.807, 2.05) is 54.6 Å². The van der Waals surface area contributed by atoms with Crippen LogP contribution in [0.4, 0.5) is 5.13 Å². The van der Waals surface area contributed by atoms with E-state index >= 15 is 0 Å². The van der Waals surface area contributed by atoms with Gasteiger partial charge in [0, 0.05) is 30.6 Å². The molecule has 0 aliphatic carbocycles. The monoisotopic (exact) mass is 516 g/mol. The molecule has 1 aromatic heterocycles. The number of benzene rings is 3. The summed E-state index contributed by atoms with van der Waals surface area (Å²) in [4.78, 5) is 27.7. The fourth-order valence-corrected chi connectivity index (χ4v) is 4.45. The smallest absolute Gasteiger partial charge is 0.253 e. The molecule has 0 unspecified atom stereocenters. The molecular weight excluding hydrogens is 488 g/mol. The van der Waals surface area contributed by atoms with Crippen LogP contribution in [-0.4, -0.2) is 54.2 Å². The first-order chi connectivity index (χ1) is 18.1. The molecule has 0 radical (unpaired) electrons. The topological polar surface area (TPSA) is 93.7 Å². The average molecular weight is 517 g/mol. The van der Waals surface area contributed by atoms with Crippen molar-refractivity contribution in [3.05, 3.63) is 90.0 Å². The maximum atomic E-state index is 13.3. The predicted molar refractivity (Wildman–Crippen MR) is 144 cm³/mol. The molecule has 0 aliphatic heterocycles. The Labute approximate surface area is 219 Å². The predicted octanol–water partition coefficient (Wildman–Crippen LogP) is 4.94. The van der Waals surface area contributed by atoms with Gasteiger partial charge in [-0.2, -0.15) is 0 Å². The highest BCUT2D eigenvalue weighted by atomic mass is 32.1. The molecule has 4 aromatic rings. The van der Waals surface area contributed by atoms with Gasteiger partial charge in [-0.25, -0.2) is 0 Å². The van der Waals surface area contributed by atoms with Crippen molar-refractivity contribution in [2.45, 2.75) is 12.8 Å². The van der Waals surface area contributed by atoms with Crippen molar-refractivity contribution in [1.29, 1.82) is 0 Å². The standard InChI is InChI=1S/C28H28N4O4S/c1-35-23-12-8-21(9-13-23)26-30-31-28(37-26)29-25(33)17-19-32(18-16-20-6-4-3-5-7-20)27(34)22-10-14-24(36-2)15-11-22/h3-15H,16-19H2,1-2H3,(H,29,31,33). The van der Waals surface area contributed by atoms with Crippen LogP contribution in [0.3, 0.4) is 0 Å². The number of anilines is 1. The van der Waals surface area contributed by atoms with Gasteiger partial charge in [-0.05, 0) is 60.5 Å². The SMILES string of the molecule is COc1ccc(C(=O)N(CCC(=O)Nc2nnc(-c3ccc(OC)cc3)s2)CCc2ccccc2)cc1. The van der Waals surface area contributed by atoms with Crippen LogP contribution in [0.15, 0.2) is 78.9 Å². The zero-order valence-electron chi connectivity index (χ0n) is 20.7. The van der Waals surface area contributed by atoms with E-state index in [1.165, 1.54) is 11.3 Å². The van der Waals surface area contributed by atoms with Crippen LogP contribution in [0.1, 0.15) is 22.3 Å². The lowest BCUT2D eigenvalue weighted by Crippen LogP contribution is -2.35. The summed E-state index contributed by atoms with van der Waals surface area (Å²) in [5.41, 5.74) is 2.55. The lowest BCUT2D eigenvalue weighted by Gasteiger charge is -2.23. The Morgan fingerprint density at radius 2 is 1.49 bits per heavy atom. The molecule has 0 bridgehead atoms. The molecule has 0 spiro atoms. The highest BCUT2D eigenvalue weighted by molar-refractivity contribution is 7.18. The van der Waals surface area contributed by atoms with E-state index in [1.54, 1.807) is 43.4 Å². The fraction of sp³-hybridized carbons (Fsp3) is 0.214. The molecule has 0 saturated carbocycles. The maximum Gasteiger partial charge on any atom is 0.253 e. The average Bonchev–Trinajstić information content (AvgIpc) is 3.41. The Morgan fingerprint density at radius 1 is 0.838 bits per heavy atom. The van der Waals surface area contributed by atoms with E-state index in [4.69, 9.17) is 9.47 Å². The Bertz CT molecular complexity index is 1310. The van der Waals surface area contributed by atoms with Crippen molar-refractivity contribution in [2.24, 2.45) is 0 Å². The van der Waals surface area contributed by atoms with Gasteiger partial charge in [0.15, 0.2) is 0 Å². The van der Waals surface area contributed by atoms with Crippen LogP contribution >= 0.6 is 11.3 Å². The second-order valence-electron chi connectivity index (χ2n) is 8.20. The highest BCUT2D eigenvalue weighted by Gasteiger charge is 2.18. The Morgan fingerprint density at radius 3 is 2.14 bits per heavy atom. The molecule has 2 amide bonds. The molecule has 190 valence electrons. The first-order valence-electron chi connectivity index (χ1n) is 11.8. The van der Waals surface area contributed by atoms with Crippen LogP contribution in [0.2, 0.25) is 0 Å². The molecule has 0 atom stereocenters. The van der Waals surface area contributed by atoms with E-state index in [0.29, 0.717) is 34.4 Å². The third kappa shape index (κ3) is 7.14. The Hall–Kier alpha value is -4.24. The molecule has 37 heavy (non-hydrogen) atoms. The normalized spacial score (nSPS) is 10.5. The summed E-state index contributed by atoms with van der Waals surface area (Å²) in [5.74, 6) is 1.06. The van der Waals surface area contributed by atoms with Gasteiger partial charge in [-0.3, -0.25) is 9.59 Å². The number of hydrogen-bond donors (Lipinski definition) is 1.